The maximum atomic E-state index is 13.2. The number of aldehydes is 1. The zero-order valence-electron chi connectivity index (χ0n) is 17.4. The van der Waals surface area contributed by atoms with Gasteiger partial charge in [-0.1, -0.05) is 0 Å². The van der Waals surface area contributed by atoms with E-state index < -0.39 is 17.4 Å². The molecule has 2 unspecified atom stereocenters. The Morgan fingerprint density at radius 2 is 1.81 bits per heavy atom. The number of amides is 3. The lowest BCUT2D eigenvalue weighted by atomic mass is 9.89. The molecular weight excluding hydrogens is 398 g/mol. The number of piperidine rings is 1. The van der Waals surface area contributed by atoms with Gasteiger partial charge >= 0.3 is 0 Å². The van der Waals surface area contributed by atoms with E-state index in [1.165, 1.54) is 6.42 Å². The quantitative estimate of drug-likeness (QED) is 0.501. The smallest absolute Gasteiger partial charge is 0.262 e. The molecule has 9 nitrogen and oxygen atoms in total. The minimum atomic E-state index is -1.32. The Morgan fingerprint density at radius 1 is 1.03 bits per heavy atom. The zero-order chi connectivity index (χ0) is 21.6. The van der Waals surface area contributed by atoms with Crippen molar-refractivity contribution in [2.75, 3.05) is 50.7 Å². The number of benzene rings is 1. The van der Waals surface area contributed by atoms with Crippen LogP contribution in [0.2, 0.25) is 0 Å². The van der Waals surface area contributed by atoms with Crippen LogP contribution in [0.1, 0.15) is 40.0 Å². The van der Waals surface area contributed by atoms with Crippen molar-refractivity contribution < 1.29 is 19.2 Å². The van der Waals surface area contributed by atoms with E-state index in [0.29, 0.717) is 23.5 Å². The van der Waals surface area contributed by atoms with E-state index in [1.54, 1.807) is 12.1 Å². The van der Waals surface area contributed by atoms with Gasteiger partial charge in [0.25, 0.3) is 11.8 Å². The summed E-state index contributed by atoms with van der Waals surface area (Å²) in [4.78, 5) is 55.6. The van der Waals surface area contributed by atoms with Crippen molar-refractivity contribution in [2.45, 2.75) is 30.8 Å². The van der Waals surface area contributed by atoms with E-state index >= 15 is 0 Å². The van der Waals surface area contributed by atoms with Gasteiger partial charge in [-0.3, -0.25) is 24.2 Å². The van der Waals surface area contributed by atoms with Gasteiger partial charge in [0.15, 0.2) is 0 Å². The summed E-state index contributed by atoms with van der Waals surface area (Å²) in [5, 5.41) is 6.04. The summed E-state index contributed by atoms with van der Waals surface area (Å²) < 4.78 is 0. The molecule has 5 rings (SSSR count). The zero-order valence-corrected chi connectivity index (χ0v) is 17.4. The van der Waals surface area contributed by atoms with Crippen molar-refractivity contribution in [3.8, 4) is 0 Å². The summed E-state index contributed by atoms with van der Waals surface area (Å²) in [5.74, 6) is -1.10. The lowest BCUT2D eigenvalue weighted by molar-refractivity contribution is -0.127. The monoisotopic (exact) mass is 425 g/mol. The first-order valence-electron chi connectivity index (χ1n) is 11.0. The summed E-state index contributed by atoms with van der Waals surface area (Å²) >= 11 is 0. The van der Waals surface area contributed by atoms with Crippen LogP contribution in [0.4, 0.5) is 5.69 Å². The molecule has 4 aliphatic rings. The van der Waals surface area contributed by atoms with Crippen LogP contribution < -0.4 is 15.5 Å². The molecule has 31 heavy (non-hydrogen) atoms. The third kappa shape index (κ3) is 3.32. The van der Waals surface area contributed by atoms with E-state index in [9.17, 15) is 19.2 Å². The molecule has 0 radical (unpaired) electrons. The fourth-order valence-electron chi connectivity index (χ4n) is 5.23. The number of imide groups is 1. The fraction of sp³-hybridized carbons (Fsp3) is 0.545. The summed E-state index contributed by atoms with van der Waals surface area (Å²) in [5.41, 5.74) is 0.260. The molecule has 0 saturated carbocycles. The Labute approximate surface area is 180 Å². The van der Waals surface area contributed by atoms with E-state index in [4.69, 9.17) is 0 Å². The topological polar surface area (TPSA) is 102 Å². The van der Waals surface area contributed by atoms with Gasteiger partial charge in [0.05, 0.1) is 11.1 Å². The highest BCUT2D eigenvalue weighted by Crippen LogP contribution is 2.34. The van der Waals surface area contributed by atoms with Crippen molar-refractivity contribution in [2.24, 2.45) is 0 Å². The second-order valence-electron chi connectivity index (χ2n) is 8.84. The van der Waals surface area contributed by atoms with Crippen LogP contribution in [-0.4, -0.2) is 91.2 Å². The molecular formula is C22H27N5O4. The summed E-state index contributed by atoms with van der Waals surface area (Å²) in [6, 6.07) is 5.96. The predicted molar refractivity (Wildman–Crippen MR) is 113 cm³/mol. The van der Waals surface area contributed by atoms with Crippen LogP contribution >= 0.6 is 0 Å². The molecule has 4 aliphatic heterocycles. The largest absolute Gasteiger partial charge is 0.369 e. The standard InChI is InChI=1S/C22H27N5O4/c28-14-22(5-3-19(29)24-13-22)27-20(30)17-2-1-15(11-18(17)21(27)31)25-7-9-26(10-8-25)16-4-6-23-12-16/h1-2,11,14,16,23H,3-10,12-13H2,(H,24,29). The maximum Gasteiger partial charge on any atom is 0.262 e. The third-order valence-electron chi connectivity index (χ3n) is 7.14. The molecule has 2 N–H and O–H groups in total. The minimum absolute atomic E-state index is 0.0361. The Balaban J connectivity index is 1.34. The van der Waals surface area contributed by atoms with Gasteiger partial charge in [-0.2, -0.15) is 0 Å². The van der Waals surface area contributed by atoms with Crippen LogP contribution in [0.5, 0.6) is 0 Å². The lowest BCUT2D eigenvalue weighted by Gasteiger charge is -2.39. The lowest BCUT2D eigenvalue weighted by Crippen LogP contribution is -2.61. The Kier molecular flexibility index (Phi) is 5.02. The number of hydrogen-bond donors (Lipinski definition) is 2. The molecule has 3 amide bonds. The van der Waals surface area contributed by atoms with Crippen molar-refractivity contribution >= 4 is 29.7 Å². The second kappa shape index (κ2) is 7.72. The van der Waals surface area contributed by atoms with E-state index in [-0.39, 0.29) is 25.3 Å². The number of nitrogens with one attached hydrogen (secondary N) is 2. The van der Waals surface area contributed by atoms with Gasteiger partial charge in [0.1, 0.15) is 11.8 Å². The number of carbonyl (C=O) groups is 4. The minimum Gasteiger partial charge on any atom is -0.369 e. The molecule has 0 bridgehead atoms. The van der Waals surface area contributed by atoms with Gasteiger partial charge < -0.3 is 20.3 Å². The highest BCUT2D eigenvalue weighted by molar-refractivity contribution is 6.23. The van der Waals surface area contributed by atoms with Gasteiger partial charge in [0.2, 0.25) is 5.91 Å². The first-order chi connectivity index (χ1) is 15.0. The highest BCUT2D eigenvalue weighted by atomic mass is 16.2. The van der Waals surface area contributed by atoms with Crippen molar-refractivity contribution in [1.29, 1.82) is 0 Å². The maximum absolute atomic E-state index is 13.2. The number of rotatable bonds is 4. The second-order valence-corrected chi connectivity index (χ2v) is 8.84. The van der Waals surface area contributed by atoms with E-state index in [1.807, 2.05) is 6.07 Å². The molecule has 2 atom stereocenters. The molecule has 3 saturated heterocycles. The third-order valence-corrected chi connectivity index (χ3v) is 7.14. The molecule has 1 aromatic rings. The SMILES string of the molecule is O=CC1(N2C(=O)c3ccc(N4CCN(C5CCNC5)CC4)cc3C2=O)CCC(=O)NC1. The van der Waals surface area contributed by atoms with Gasteiger partial charge in [0, 0.05) is 57.4 Å². The summed E-state index contributed by atoms with van der Waals surface area (Å²) in [6.45, 7) is 5.76. The average Bonchev–Trinajstić information content (AvgIpc) is 3.43. The van der Waals surface area contributed by atoms with Gasteiger partial charge in [-0.15, -0.1) is 0 Å². The van der Waals surface area contributed by atoms with Crippen LogP contribution in [-0.2, 0) is 9.59 Å². The number of carbonyl (C=O) groups excluding carboxylic acids is 4. The predicted octanol–water partition coefficient (Wildman–Crippen LogP) is -0.386. The first kappa shape index (κ1) is 20.1. The van der Waals surface area contributed by atoms with E-state index in [2.05, 4.69) is 20.4 Å². The van der Waals surface area contributed by atoms with Gasteiger partial charge in [-0.25, -0.2) is 0 Å². The number of hydrogen-bond acceptors (Lipinski definition) is 7. The van der Waals surface area contributed by atoms with Crippen molar-refractivity contribution in [3.05, 3.63) is 29.3 Å². The molecule has 0 aliphatic carbocycles. The molecule has 164 valence electrons. The number of anilines is 1. The van der Waals surface area contributed by atoms with Gasteiger partial charge in [-0.05, 0) is 37.6 Å². The first-order valence-corrected chi connectivity index (χ1v) is 11.0. The molecule has 1 aromatic carbocycles. The van der Waals surface area contributed by atoms with Crippen molar-refractivity contribution in [3.63, 3.8) is 0 Å². The number of piperazine rings is 1. The summed E-state index contributed by atoms with van der Waals surface area (Å²) in [6.07, 6.45) is 2.08. The molecule has 0 spiro atoms. The average molecular weight is 425 g/mol. The normalized spacial score (nSPS) is 29.3. The van der Waals surface area contributed by atoms with Crippen LogP contribution in [0.3, 0.4) is 0 Å². The molecule has 4 heterocycles. The molecule has 3 fully saturated rings. The molecule has 9 heteroatoms. The van der Waals surface area contributed by atoms with Crippen LogP contribution in [0.25, 0.3) is 0 Å². The van der Waals surface area contributed by atoms with E-state index in [0.717, 1.165) is 49.9 Å². The highest BCUT2D eigenvalue weighted by Gasteiger charge is 2.50. The number of nitrogens with zero attached hydrogens (tertiary/aromatic N) is 3. The van der Waals surface area contributed by atoms with Crippen molar-refractivity contribution in [1.82, 2.24) is 20.4 Å². The Bertz CT molecular complexity index is 924. The Hall–Kier alpha value is -2.78. The fourth-order valence-corrected chi connectivity index (χ4v) is 5.23. The number of fused-ring (bicyclic) bond motifs is 1. The molecule has 0 aromatic heterocycles. The Morgan fingerprint density at radius 3 is 2.45 bits per heavy atom. The van der Waals surface area contributed by atoms with Crippen LogP contribution in [0.15, 0.2) is 18.2 Å². The summed E-state index contributed by atoms with van der Waals surface area (Å²) in [7, 11) is 0. The van der Waals surface area contributed by atoms with Crippen LogP contribution in [0, 0.1) is 0 Å².